The van der Waals surface area contributed by atoms with Gasteiger partial charge in [-0.15, -0.1) is 0 Å². The molecule has 5 heteroatoms. The van der Waals surface area contributed by atoms with E-state index < -0.39 is 0 Å². The zero-order valence-electron chi connectivity index (χ0n) is 11.5. The summed E-state index contributed by atoms with van der Waals surface area (Å²) < 4.78 is 0. The molecule has 104 valence electrons. The van der Waals surface area contributed by atoms with Gasteiger partial charge in [0.25, 0.3) is 5.69 Å². The molecule has 0 aromatic heterocycles. The van der Waals surface area contributed by atoms with Crippen LogP contribution in [0.15, 0.2) is 24.3 Å². The summed E-state index contributed by atoms with van der Waals surface area (Å²) in [7, 11) is 0. The lowest BCUT2D eigenvalue weighted by atomic mass is 10.0. The van der Waals surface area contributed by atoms with E-state index in [0.717, 1.165) is 25.2 Å². The minimum Gasteiger partial charge on any atom is -0.315 e. The number of nitrogens with one attached hydrogen (secondary N) is 1. The van der Waals surface area contributed by atoms with E-state index in [0.29, 0.717) is 6.04 Å². The van der Waals surface area contributed by atoms with Gasteiger partial charge in [-0.3, -0.25) is 15.0 Å². The van der Waals surface area contributed by atoms with Gasteiger partial charge in [-0.05, 0) is 32.0 Å². The molecule has 19 heavy (non-hydrogen) atoms. The summed E-state index contributed by atoms with van der Waals surface area (Å²) in [6.07, 6.45) is 1.17. The van der Waals surface area contributed by atoms with Crippen molar-refractivity contribution in [2.45, 2.75) is 32.4 Å². The summed E-state index contributed by atoms with van der Waals surface area (Å²) in [5.41, 5.74) is 1.29. The number of nitro benzene ring substituents is 1. The van der Waals surface area contributed by atoms with Gasteiger partial charge in [-0.1, -0.05) is 19.1 Å². The molecule has 2 rings (SSSR count). The molecule has 1 fully saturated rings. The topological polar surface area (TPSA) is 58.4 Å². The Bertz CT molecular complexity index is 427. The maximum atomic E-state index is 10.7. The summed E-state index contributed by atoms with van der Waals surface area (Å²) in [5, 5.41) is 14.1. The van der Waals surface area contributed by atoms with E-state index in [1.54, 1.807) is 12.1 Å². The van der Waals surface area contributed by atoms with E-state index in [1.165, 1.54) is 6.42 Å². The molecule has 0 amide bonds. The molecule has 0 bridgehead atoms. The molecule has 2 unspecified atom stereocenters. The molecule has 1 aliphatic rings. The van der Waals surface area contributed by atoms with Gasteiger partial charge < -0.3 is 5.32 Å². The van der Waals surface area contributed by atoms with Gasteiger partial charge in [0.15, 0.2) is 0 Å². The average molecular weight is 263 g/mol. The normalized spacial score (nSPS) is 20.7. The standard InChI is InChI=1S/C14H21N3O2/c1-3-16(14-8-9-15-10-14)11(2)12-4-6-13(7-5-12)17(18)19/h4-7,11,14-15H,3,8-10H2,1-2H3. The molecule has 1 N–H and O–H groups in total. The van der Waals surface area contributed by atoms with Crippen molar-refractivity contribution in [1.29, 1.82) is 0 Å². The van der Waals surface area contributed by atoms with E-state index in [1.807, 2.05) is 12.1 Å². The second-order valence-corrected chi connectivity index (χ2v) is 5.00. The lowest BCUT2D eigenvalue weighted by Gasteiger charge is -2.33. The first-order valence-electron chi connectivity index (χ1n) is 6.84. The van der Waals surface area contributed by atoms with Crippen molar-refractivity contribution >= 4 is 5.69 Å². The Morgan fingerprint density at radius 2 is 2.16 bits per heavy atom. The van der Waals surface area contributed by atoms with Gasteiger partial charge >= 0.3 is 0 Å². The molecule has 1 saturated heterocycles. The van der Waals surface area contributed by atoms with Crippen LogP contribution in [0.25, 0.3) is 0 Å². The Morgan fingerprint density at radius 1 is 1.47 bits per heavy atom. The maximum absolute atomic E-state index is 10.7. The fourth-order valence-electron chi connectivity index (χ4n) is 2.84. The number of rotatable bonds is 5. The molecule has 1 aromatic carbocycles. The van der Waals surface area contributed by atoms with Crippen LogP contribution in [0.1, 0.15) is 31.9 Å². The largest absolute Gasteiger partial charge is 0.315 e. The van der Waals surface area contributed by atoms with Gasteiger partial charge in [0.05, 0.1) is 4.92 Å². The van der Waals surface area contributed by atoms with E-state index in [9.17, 15) is 10.1 Å². The molecule has 1 heterocycles. The number of hydrogen-bond donors (Lipinski definition) is 1. The number of likely N-dealkylation sites (N-methyl/N-ethyl adjacent to an activating group) is 1. The summed E-state index contributed by atoms with van der Waals surface area (Å²) in [6, 6.07) is 7.77. The highest BCUT2D eigenvalue weighted by atomic mass is 16.6. The second-order valence-electron chi connectivity index (χ2n) is 5.00. The number of non-ortho nitro benzene ring substituents is 1. The van der Waals surface area contributed by atoms with E-state index >= 15 is 0 Å². The number of hydrogen-bond acceptors (Lipinski definition) is 4. The smallest absolute Gasteiger partial charge is 0.269 e. The minimum absolute atomic E-state index is 0.154. The zero-order valence-corrected chi connectivity index (χ0v) is 11.5. The first kappa shape index (κ1) is 14.0. The van der Waals surface area contributed by atoms with Crippen LogP contribution in [0.3, 0.4) is 0 Å². The van der Waals surface area contributed by atoms with Crippen LogP contribution in [-0.2, 0) is 0 Å². The van der Waals surface area contributed by atoms with Crippen molar-refractivity contribution in [3.63, 3.8) is 0 Å². The van der Waals surface area contributed by atoms with Gasteiger partial charge in [0.1, 0.15) is 0 Å². The van der Waals surface area contributed by atoms with Crippen LogP contribution >= 0.6 is 0 Å². The monoisotopic (exact) mass is 263 g/mol. The summed E-state index contributed by atoms with van der Waals surface area (Å²) in [5.74, 6) is 0. The van der Waals surface area contributed by atoms with E-state index in [-0.39, 0.29) is 16.7 Å². The van der Waals surface area contributed by atoms with Gasteiger partial charge in [-0.2, -0.15) is 0 Å². The second kappa shape index (κ2) is 6.12. The first-order valence-corrected chi connectivity index (χ1v) is 6.84. The molecule has 5 nitrogen and oxygen atoms in total. The van der Waals surface area contributed by atoms with Gasteiger partial charge in [0.2, 0.25) is 0 Å². The first-order chi connectivity index (χ1) is 9.13. The van der Waals surface area contributed by atoms with Crippen LogP contribution in [0.5, 0.6) is 0 Å². The lowest BCUT2D eigenvalue weighted by Crippen LogP contribution is -2.38. The summed E-state index contributed by atoms with van der Waals surface area (Å²) in [6.45, 7) is 7.44. The van der Waals surface area contributed by atoms with Crippen molar-refractivity contribution in [2.24, 2.45) is 0 Å². The van der Waals surface area contributed by atoms with Crippen molar-refractivity contribution in [3.05, 3.63) is 39.9 Å². The highest BCUT2D eigenvalue weighted by molar-refractivity contribution is 5.34. The zero-order chi connectivity index (χ0) is 13.8. The Labute approximate surface area is 113 Å². The minimum atomic E-state index is -0.354. The number of nitrogens with zero attached hydrogens (tertiary/aromatic N) is 2. The highest BCUT2D eigenvalue weighted by Gasteiger charge is 2.25. The molecule has 1 aromatic rings. The predicted octanol–water partition coefficient (Wildman–Crippen LogP) is 2.34. The van der Waals surface area contributed by atoms with E-state index in [2.05, 4.69) is 24.1 Å². The molecular formula is C14H21N3O2. The van der Waals surface area contributed by atoms with Crippen LogP contribution < -0.4 is 5.32 Å². The van der Waals surface area contributed by atoms with Crippen LogP contribution in [-0.4, -0.2) is 35.5 Å². The Morgan fingerprint density at radius 3 is 2.63 bits per heavy atom. The third-order valence-electron chi connectivity index (χ3n) is 3.95. The Hall–Kier alpha value is -1.46. The van der Waals surface area contributed by atoms with Crippen molar-refractivity contribution < 1.29 is 4.92 Å². The van der Waals surface area contributed by atoms with E-state index in [4.69, 9.17) is 0 Å². The Balaban J connectivity index is 2.12. The molecule has 1 aliphatic heterocycles. The van der Waals surface area contributed by atoms with Gasteiger partial charge in [0, 0.05) is 30.8 Å². The average Bonchev–Trinajstić information content (AvgIpc) is 2.93. The third-order valence-corrected chi connectivity index (χ3v) is 3.95. The summed E-state index contributed by atoms with van der Waals surface area (Å²) >= 11 is 0. The maximum Gasteiger partial charge on any atom is 0.269 e. The predicted molar refractivity (Wildman–Crippen MR) is 75.2 cm³/mol. The molecule has 2 atom stereocenters. The molecule has 0 saturated carbocycles. The highest BCUT2D eigenvalue weighted by Crippen LogP contribution is 2.26. The van der Waals surface area contributed by atoms with Crippen LogP contribution in [0, 0.1) is 10.1 Å². The SMILES string of the molecule is CCN(C1CCNC1)C(C)c1ccc([N+](=O)[O-])cc1. The van der Waals surface area contributed by atoms with Gasteiger partial charge in [-0.25, -0.2) is 0 Å². The molecule has 0 spiro atoms. The lowest BCUT2D eigenvalue weighted by molar-refractivity contribution is -0.384. The van der Waals surface area contributed by atoms with Crippen molar-refractivity contribution in [3.8, 4) is 0 Å². The fourth-order valence-corrected chi connectivity index (χ4v) is 2.84. The van der Waals surface area contributed by atoms with Crippen LogP contribution in [0.2, 0.25) is 0 Å². The Kier molecular flexibility index (Phi) is 4.50. The fraction of sp³-hybridized carbons (Fsp3) is 0.571. The third kappa shape index (κ3) is 3.11. The quantitative estimate of drug-likeness (QED) is 0.654. The molecule has 0 radical (unpaired) electrons. The molecule has 0 aliphatic carbocycles. The van der Waals surface area contributed by atoms with Crippen molar-refractivity contribution in [1.82, 2.24) is 10.2 Å². The summed E-state index contributed by atoms with van der Waals surface area (Å²) in [4.78, 5) is 12.8. The number of nitro groups is 1. The van der Waals surface area contributed by atoms with Crippen LogP contribution in [0.4, 0.5) is 5.69 Å². The molecular weight excluding hydrogens is 242 g/mol. The number of benzene rings is 1. The van der Waals surface area contributed by atoms with Crippen molar-refractivity contribution in [2.75, 3.05) is 19.6 Å².